The van der Waals surface area contributed by atoms with Gasteiger partial charge < -0.3 is 10.1 Å². The van der Waals surface area contributed by atoms with Crippen molar-refractivity contribution in [2.24, 2.45) is 0 Å². The monoisotopic (exact) mass is 286 g/mol. The van der Waals surface area contributed by atoms with Gasteiger partial charge in [0.15, 0.2) is 6.61 Å². The molecule has 0 radical (unpaired) electrons. The van der Waals surface area contributed by atoms with E-state index in [4.69, 9.17) is 0 Å². The summed E-state index contributed by atoms with van der Waals surface area (Å²) in [6.45, 7) is 1.23. The Balaban J connectivity index is 2.50. The number of hydrogen-bond donors (Lipinski definition) is 2. The van der Waals surface area contributed by atoms with Crippen molar-refractivity contribution in [2.75, 3.05) is 13.2 Å². The molecule has 0 fully saturated rings. The summed E-state index contributed by atoms with van der Waals surface area (Å²) < 4.78 is 30.2. The third-order valence-electron chi connectivity index (χ3n) is 2.02. The molecule has 0 aliphatic rings. The van der Waals surface area contributed by atoms with Crippen molar-refractivity contribution in [1.82, 2.24) is 10.6 Å². The van der Waals surface area contributed by atoms with Crippen LogP contribution in [0, 0.1) is 11.6 Å². The molecule has 0 heterocycles. The number of rotatable bonds is 4. The number of carbonyl (C=O) groups is 3. The van der Waals surface area contributed by atoms with Crippen LogP contribution in [0.25, 0.3) is 0 Å². The van der Waals surface area contributed by atoms with Gasteiger partial charge in [0.25, 0.3) is 5.91 Å². The van der Waals surface area contributed by atoms with E-state index < -0.39 is 36.1 Å². The lowest BCUT2D eigenvalue weighted by molar-refractivity contribution is -0.123. The van der Waals surface area contributed by atoms with Crippen molar-refractivity contribution in [1.29, 1.82) is 0 Å². The maximum Gasteiger partial charge on any atom is 0.338 e. The molecule has 0 spiro atoms. The lowest BCUT2D eigenvalue weighted by Crippen LogP contribution is -2.41. The largest absolute Gasteiger partial charge is 0.452 e. The average molecular weight is 286 g/mol. The van der Waals surface area contributed by atoms with Crippen LogP contribution in [-0.4, -0.2) is 31.1 Å². The summed E-state index contributed by atoms with van der Waals surface area (Å²) in [7, 11) is 0. The van der Waals surface area contributed by atoms with Gasteiger partial charge in [-0.2, -0.15) is 0 Å². The van der Waals surface area contributed by atoms with Crippen LogP contribution in [-0.2, 0) is 9.53 Å². The van der Waals surface area contributed by atoms with E-state index in [9.17, 15) is 23.2 Å². The number of carbonyl (C=O) groups excluding carboxylic acids is 3. The van der Waals surface area contributed by atoms with Gasteiger partial charge in [-0.3, -0.25) is 10.1 Å². The molecule has 0 aliphatic heterocycles. The van der Waals surface area contributed by atoms with Gasteiger partial charge >= 0.3 is 12.0 Å². The van der Waals surface area contributed by atoms with Gasteiger partial charge in [-0.1, -0.05) is 0 Å². The van der Waals surface area contributed by atoms with E-state index in [1.807, 2.05) is 5.32 Å². The maximum atomic E-state index is 12.9. The van der Waals surface area contributed by atoms with Gasteiger partial charge in [0.05, 0.1) is 5.56 Å². The normalized spacial score (nSPS) is 9.75. The van der Waals surface area contributed by atoms with Crippen molar-refractivity contribution in [3.8, 4) is 0 Å². The van der Waals surface area contributed by atoms with Crippen LogP contribution in [0.2, 0.25) is 0 Å². The summed E-state index contributed by atoms with van der Waals surface area (Å²) in [5, 5.41) is 4.20. The SMILES string of the molecule is CCNC(=O)NC(=O)COC(=O)c1cc(F)cc(F)c1. The molecule has 1 aromatic rings. The zero-order chi connectivity index (χ0) is 15.1. The quantitative estimate of drug-likeness (QED) is 0.808. The molecule has 0 atom stereocenters. The first-order valence-electron chi connectivity index (χ1n) is 5.63. The van der Waals surface area contributed by atoms with Gasteiger partial charge in [-0.15, -0.1) is 0 Å². The van der Waals surface area contributed by atoms with Crippen molar-refractivity contribution in [3.05, 3.63) is 35.4 Å². The molecular formula is C12H12F2N2O4. The highest BCUT2D eigenvalue weighted by Crippen LogP contribution is 2.09. The molecular weight excluding hydrogens is 274 g/mol. The Hall–Kier alpha value is -2.51. The van der Waals surface area contributed by atoms with E-state index in [0.717, 1.165) is 12.1 Å². The van der Waals surface area contributed by atoms with Gasteiger partial charge in [0.1, 0.15) is 11.6 Å². The van der Waals surface area contributed by atoms with Crippen LogP contribution in [0.3, 0.4) is 0 Å². The fraction of sp³-hybridized carbons (Fsp3) is 0.250. The fourth-order valence-electron chi connectivity index (χ4n) is 1.25. The van der Waals surface area contributed by atoms with Crippen molar-refractivity contribution in [3.63, 3.8) is 0 Å². The van der Waals surface area contributed by atoms with E-state index in [0.29, 0.717) is 12.6 Å². The van der Waals surface area contributed by atoms with E-state index in [1.54, 1.807) is 6.92 Å². The Morgan fingerprint density at radius 1 is 1.15 bits per heavy atom. The maximum absolute atomic E-state index is 12.9. The second kappa shape index (κ2) is 7.17. The minimum absolute atomic E-state index is 0.321. The second-order valence-corrected chi connectivity index (χ2v) is 3.64. The molecule has 0 bridgehead atoms. The molecule has 1 aromatic carbocycles. The number of hydrogen-bond acceptors (Lipinski definition) is 4. The number of amides is 3. The van der Waals surface area contributed by atoms with E-state index in [-0.39, 0.29) is 5.56 Å². The highest BCUT2D eigenvalue weighted by molar-refractivity contribution is 5.96. The summed E-state index contributed by atoms with van der Waals surface area (Å²) in [5.74, 6) is -3.82. The lowest BCUT2D eigenvalue weighted by atomic mass is 10.2. The first-order chi connectivity index (χ1) is 9.42. The third-order valence-corrected chi connectivity index (χ3v) is 2.02. The zero-order valence-corrected chi connectivity index (χ0v) is 10.5. The third kappa shape index (κ3) is 5.01. The first kappa shape index (κ1) is 15.5. The van der Waals surface area contributed by atoms with Crippen LogP contribution < -0.4 is 10.6 Å². The standard InChI is InChI=1S/C12H12F2N2O4/c1-2-15-12(19)16-10(17)6-20-11(18)7-3-8(13)5-9(14)4-7/h3-5H,2,6H2,1H3,(H2,15,16,17,19). The molecule has 0 saturated heterocycles. The zero-order valence-electron chi connectivity index (χ0n) is 10.5. The molecule has 20 heavy (non-hydrogen) atoms. The van der Waals surface area contributed by atoms with E-state index in [2.05, 4.69) is 10.1 Å². The second-order valence-electron chi connectivity index (χ2n) is 3.64. The molecule has 108 valence electrons. The summed E-state index contributed by atoms with van der Waals surface area (Å²) >= 11 is 0. The number of esters is 1. The number of benzene rings is 1. The molecule has 8 heteroatoms. The molecule has 0 aliphatic carbocycles. The number of ether oxygens (including phenoxy) is 1. The molecule has 0 unspecified atom stereocenters. The van der Waals surface area contributed by atoms with Crippen molar-refractivity contribution < 1.29 is 27.9 Å². The van der Waals surface area contributed by atoms with Crippen LogP contribution in [0.5, 0.6) is 0 Å². The summed E-state index contributed by atoms with van der Waals surface area (Å²) in [6.07, 6.45) is 0. The summed E-state index contributed by atoms with van der Waals surface area (Å²) in [5.41, 5.74) is -0.367. The number of nitrogens with one attached hydrogen (secondary N) is 2. The minimum Gasteiger partial charge on any atom is -0.452 e. The van der Waals surface area contributed by atoms with Gasteiger partial charge in [0, 0.05) is 12.6 Å². The topological polar surface area (TPSA) is 84.5 Å². The molecule has 6 nitrogen and oxygen atoms in total. The summed E-state index contributed by atoms with van der Waals surface area (Å²) in [6, 6.07) is 1.41. The minimum atomic E-state index is -1.07. The van der Waals surface area contributed by atoms with Crippen molar-refractivity contribution >= 4 is 17.9 Å². The van der Waals surface area contributed by atoms with Crippen LogP contribution in [0.1, 0.15) is 17.3 Å². The Morgan fingerprint density at radius 3 is 2.30 bits per heavy atom. The molecule has 0 aromatic heterocycles. The first-order valence-corrected chi connectivity index (χ1v) is 5.63. The Kier molecular flexibility index (Phi) is 5.57. The lowest BCUT2D eigenvalue weighted by Gasteiger charge is -2.06. The number of imide groups is 1. The highest BCUT2D eigenvalue weighted by atomic mass is 19.1. The van der Waals surface area contributed by atoms with Gasteiger partial charge in [-0.05, 0) is 19.1 Å². The van der Waals surface area contributed by atoms with Crippen LogP contribution in [0.15, 0.2) is 18.2 Å². The molecule has 3 amide bonds. The Morgan fingerprint density at radius 2 is 1.75 bits per heavy atom. The predicted molar refractivity (Wildman–Crippen MR) is 63.9 cm³/mol. The molecule has 2 N–H and O–H groups in total. The van der Waals surface area contributed by atoms with Gasteiger partial charge in [0.2, 0.25) is 0 Å². The van der Waals surface area contributed by atoms with Crippen LogP contribution >= 0.6 is 0 Å². The fourth-order valence-corrected chi connectivity index (χ4v) is 1.25. The Labute approximate surface area is 113 Å². The Bertz CT molecular complexity index is 514. The highest BCUT2D eigenvalue weighted by Gasteiger charge is 2.13. The van der Waals surface area contributed by atoms with E-state index in [1.165, 1.54) is 0 Å². The average Bonchev–Trinajstić information content (AvgIpc) is 2.35. The molecule has 1 rings (SSSR count). The summed E-state index contributed by atoms with van der Waals surface area (Å²) in [4.78, 5) is 33.6. The predicted octanol–water partition coefficient (Wildman–Crippen LogP) is 0.967. The number of halogens is 2. The van der Waals surface area contributed by atoms with Crippen molar-refractivity contribution in [2.45, 2.75) is 6.92 Å². The van der Waals surface area contributed by atoms with Crippen LogP contribution in [0.4, 0.5) is 13.6 Å². The number of urea groups is 1. The van der Waals surface area contributed by atoms with Gasteiger partial charge in [-0.25, -0.2) is 18.4 Å². The molecule has 0 saturated carbocycles. The van der Waals surface area contributed by atoms with E-state index >= 15 is 0 Å². The smallest absolute Gasteiger partial charge is 0.338 e.